The van der Waals surface area contributed by atoms with Crippen molar-refractivity contribution >= 4 is 34.0 Å². The second kappa shape index (κ2) is 10.5. The number of ether oxygens (including phenoxy) is 1. The summed E-state index contributed by atoms with van der Waals surface area (Å²) in [5.74, 6) is 1.03. The molecule has 1 aromatic heterocycles. The molecule has 0 aliphatic heterocycles. The van der Waals surface area contributed by atoms with Gasteiger partial charge in [-0.2, -0.15) is 0 Å². The van der Waals surface area contributed by atoms with Crippen LogP contribution >= 0.6 is 12.2 Å². The average Bonchev–Trinajstić information content (AvgIpc) is 3.31. The van der Waals surface area contributed by atoms with E-state index in [1.54, 1.807) is 12.1 Å². The average molecular weight is 446 g/mol. The Morgan fingerprint density at radius 3 is 2.50 bits per heavy atom. The van der Waals surface area contributed by atoms with Crippen LogP contribution in [0.5, 0.6) is 5.75 Å². The lowest BCUT2D eigenvalue weighted by molar-refractivity contribution is 0.0911. The standard InChI is InChI=1S/C25H23N3O3S/c29-24(27-28-25(32)26-15-14-18-6-2-1-3-7-18)23-13-12-22(31-23)17-30-21-11-10-19-8-4-5-9-20(19)16-21/h1-13,16H,14-15,17H2,(H,27,29)(H2,26,28,32). The van der Waals surface area contributed by atoms with E-state index in [4.69, 9.17) is 21.4 Å². The van der Waals surface area contributed by atoms with E-state index >= 15 is 0 Å². The fourth-order valence-corrected chi connectivity index (χ4v) is 3.33. The summed E-state index contributed by atoms with van der Waals surface area (Å²) in [7, 11) is 0. The Labute approximate surface area is 191 Å². The highest BCUT2D eigenvalue weighted by atomic mass is 32.1. The minimum absolute atomic E-state index is 0.168. The van der Waals surface area contributed by atoms with Crippen LogP contribution in [0.3, 0.4) is 0 Å². The number of amides is 1. The lowest BCUT2D eigenvalue weighted by Crippen LogP contribution is -2.47. The van der Waals surface area contributed by atoms with E-state index in [2.05, 4.69) is 34.4 Å². The zero-order chi connectivity index (χ0) is 22.2. The van der Waals surface area contributed by atoms with Gasteiger partial charge in [-0.05, 0) is 59.2 Å². The van der Waals surface area contributed by atoms with Crippen molar-refractivity contribution in [2.45, 2.75) is 13.0 Å². The van der Waals surface area contributed by atoms with Gasteiger partial charge in [0.1, 0.15) is 18.1 Å². The minimum atomic E-state index is -0.422. The van der Waals surface area contributed by atoms with Crippen LogP contribution in [0.15, 0.2) is 89.3 Å². The Kier molecular flexibility index (Phi) is 6.99. The topological polar surface area (TPSA) is 75.5 Å². The second-order valence-electron chi connectivity index (χ2n) is 7.13. The molecule has 0 atom stereocenters. The van der Waals surface area contributed by atoms with Gasteiger partial charge in [0.05, 0.1) is 0 Å². The molecule has 1 amide bonds. The van der Waals surface area contributed by atoms with Crippen LogP contribution in [-0.2, 0) is 13.0 Å². The maximum absolute atomic E-state index is 12.3. The van der Waals surface area contributed by atoms with Crippen molar-refractivity contribution in [2.75, 3.05) is 6.54 Å². The molecule has 162 valence electrons. The van der Waals surface area contributed by atoms with Gasteiger partial charge in [-0.25, -0.2) is 0 Å². The number of hydrogen-bond acceptors (Lipinski definition) is 4. The largest absolute Gasteiger partial charge is 0.486 e. The van der Waals surface area contributed by atoms with E-state index in [9.17, 15) is 4.79 Å². The molecule has 4 aromatic rings. The number of thiocarbonyl (C=S) groups is 1. The number of carbonyl (C=O) groups excluding carboxylic acids is 1. The first-order valence-corrected chi connectivity index (χ1v) is 10.7. The van der Waals surface area contributed by atoms with Gasteiger partial charge in [0.15, 0.2) is 10.9 Å². The van der Waals surface area contributed by atoms with E-state index in [1.807, 2.05) is 54.6 Å². The molecule has 0 radical (unpaired) electrons. The molecule has 0 unspecified atom stereocenters. The Balaban J connectivity index is 1.21. The van der Waals surface area contributed by atoms with Crippen LogP contribution in [-0.4, -0.2) is 17.6 Å². The van der Waals surface area contributed by atoms with Gasteiger partial charge < -0.3 is 14.5 Å². The molecule has 3 N–H and O–H groups in total. The first-order valence-electron chi connectivity index (χ1n) is 10.3. The SMILES string of the molecule is O=C(NNC(=S)NCCc1ccccc1)c1ccc(COc2ccc3ccccc3c2)o1. The van der Waals surface area contributed by atoms with Crippen molar-refractivity contribution in [3.8, 4) is 5.75 Å². The van der Waals surface area contributed by atoms with Crippen molar-refractivity contribution in [2.24, 2.45) is 0 Å². The van der Waals surface area contributed by atoms with Crippen LogP contribution in [0.1, 0.15) is 21.9 Å². The Morgan fingerprint density at radius 2 is 1.66 bits per heavy atom. The molecule has 3 aromatic carbocycles. The van der Waals surface area contributed by atoms with Crippen molar-refractivity contribution in [3.05, 3.63) is 102 Å². The quantitative estimate of drug-likeness (QED) is 0.290. The number of hydrazine groups is 1. The number of rotatable bonds is 7. The van der Waals surface area contributed by atoms with Crippen molar-refractivity contribution in [1.82, 2.24) is 16.2 Å². The molecule has 0 fully saturated rings. The van der Waals surface area contributed by atoms with Gasteiger partial charge in [0.25, 0.3) is 0 Å². The molecular weight excluding hydrogens is 422 g/mol. The summed E-state index contributed by atoms with van der Waals surface area (Å²) in [4.78, 5) is 12.3. The van der Waals surface area contributed by atoms with Crippen LogP contribution in [0.2, 0.25) is 0 Å². The van der Waals surface area contributed by atoms with Gasteiger partial charge in [0, 0.05) is 6.54 Å². The number of benzene rings is 3. The summed E-state index contributed by atoms with van der Waals surface area (Å²) in [6.45, 7) is 0.876. The Morgan fingerprint density at radius 1 is 0.875 bits per heavy atom. The van der Waals surface area contributed by atoms with Crippen LogP contribution in [0.25, 0.3) is 10.8 Å². The molecular formula is C25H23N3O3S. The summed E-state index contributed by atoms with van der Waals surface area (Å²) in [5.41, 5.74) is 6.42. The van der Waals surface area contributed by atoms with E-state index in [0.29, 0.717) is 17.4 Å². The van der Waals surface area contributed by atoms with Crippen molar-refractivity contribution in [3.63, 3.8) is 0 Å². The van der Waals surface area contributed by atoms with E-state index in [1.165, 1.54) is 5.56 Å². The zero-order valence-electron chi connectivity index (χ0n) is 17.3. The van der Waals surface area contributed by atoms with E-state index < -0.39 is 5.91 Å². The molecule has 4 rings (SSSR count). The lowest BCUT2D eigenvalue weighted by atomic mass is 10.1. The van der Waals surface area contributed by atoms with E-state index in [-0.39, 0.29) is 12.4 Å². The second-order valence-corrected chi connectivity index (χ2v) is 7.54. The maximum atomic E-state index is 12.3. The molecule has 0 saturated heterocycles. The smallest absolute Gasteiger partial charge is 0.305 e. The molecule has 1 heterocycles. The molecule has 0 saturated carbocycles. The molecule has 0 spiro atoms. The highest BCUT2D eigenvalue weighted by Gasteiger charge is 2.12. The number of nitrogens with one attached hydrogen (secondary N) is 3. The minimum Gasteiger partial charge on any atom is -0.486 e. The highest BCUT2D eigenvalue weighted by Crippen LogP contribution is 2.21. The summed E-state index contributed by atoms with van der Waals surface area (Å²) in [5, 5.41) is 5.63. The van der Waals surface area contributed by atoms with Gasteiger partial charge in [0.2, 0.25) is 0 Å². The number of carbonyl (C=O) groups is 1. The molecule has 32 heavy (non-hydrogen) atoms. The van der Waals surface area contributed by atoms with Crippen LogP contribution in [0, 0.1) is 0 Å². The molecule has 7 heteroatoms. The number of furan rings is 1. The van der Waals surface area contributed by atoms with E-state index in [0.717, 1.165) is 22.9 Å². The zero-order valence-corrected chi connectivity index (χ0v) is 18.2. The summed E-state index contributed by atoms with van der Waals surface area (Å²) in [6.07, 6.45) is 0.829. The summed E-state index contributed by atoms with van der Waals surface area (Å²) < 4.78 is 11.4. The lowest BCUT2D eigenvalue weighted by Gasteiger charge is -2.10. The molecule has 0 aliphatic carbocycles. The van der Waals surface area contributed by atoms with Crippen LogP contribution in [0.4, 0.5) is 0 Å². The van der Waals surface area contributed by atoms with Crippen molar-refractivity contribution in [1.29, 1.82) is 0 Å². The first-order chi connectivity index (χ1) is 15.7. The van der Waals surface area contributed by atoms with Crippen LogP contribution < -0.4 is 20.9 Å². The first kappa shape index (κ1) is 21.4. The van der Waals surface area contributed by atoms with Gasteiger partial charge in [-0.3, -0.25) is 15.6 Å². The fourth-order valence-electron chi connectivity index (χ4n) is 3.17. The molecule has 0 aliphatic rings. The van der Waals surface area contributed by atoms with Gasteiger partial charge in [-0.1, -0.05) is 60.7 Å². The third-order valence-electron chi connectivity index (χ3n) is 4.82. The predicted molar refractivity (Wildman–Crippen MR) is 128 cm³/mol. The van der Waals surface area contributed by atoms with Gasteiger partial charge >= 0.3 is 5.91 Å². The Bertz CT molecular complexity index is 1210. The normalized spacial score (nSPS) is 10.5. The number of fused-ring (bicyclic) bond motifs is 1. The summed E-state index contributed by atoms with van der Waals surface area (Å²) >= 11 is 5.18. The molecule has 6 nitrogen and oxygen atoms in total. The fraction of sp³-hybridized carbons (Fsp3) is 0.120. The monoisotopic (exact) mass is 445 g/mol. The summed E-state index contributed by atoms with van der Waals surface area (Å²) in [6, 6.07) is 27.4. The van der Waals surface area contributed by atoms with Crippen molar-refractivity contribution < 1.29 is 13.9 Å². The third kappa shape index (κ3) is 5.86. The predicted octanol–water partition coefficient (Wildman–Crippen LogP) is 4.36. The maximum Gasteiger partial charge on any atom is 0.305 e. The van der Waals surface area contributed by atoms with Gasteiger partial charge in [-0.15, -0.1) is 0 Å². The Hall–Kier alpha value is -3.84. The highest BCUT2D eigenvalue weighted by molar-refractivity contribution is 7.80. The number of hydrogen-bond donors (Lipinski definition) is 3. The molecule has 0 bridgehead atoms. The third-order valence-corrected chi connectivity index (χ3v) is 5.07.